The summed E-state index contributed by atoms with van der Waals surface area (Å²) in [6.45, 7) is 9.32. The van der Waals surface area contributed by atoms with Crippen LogP contribution in [-0.4, -0.2) is 0 Å². The van der Waals surface area contributed by atoms with E-state index in [4.69, 9.17) is 0 Å². The molecular formula is C36H68. The van der Waals surface area contributed by atoms with Crippen LogP contribution >= 0.6 is 0 Å². The molecule has 0 aliphatic heterocycles. The van der Waals surface area contributed by atoms with Gasteiger partial charge in [0.1, 0.15) is 0 Å². The van der Waals surface area contributed by atoms with E-state index in [9.17, 15) is 0 Å². The van der Waals surface area contributed by atoms with Gasteiger partial charge in [-0.2, -0.15) is 0 Å². The zero-order valence-corrected chi connectivity index (χ0v) is 25.6. The quantitative estimate of drug-likeness (QED) is 0.0863. The van der Waals surface area contributed by atoms with Crippen LogP contribution in [-0.2, 0) is 0 Å². The first-order valence-electron chi connectivity index (χ1n) is 17.1. The SMILES string of the molecule is CCCCC/C=C/CC1=CC(CCCCCCCC)C(CCCCCCCC)CC1CCCCCC. The second kappa shape index (κ2) is 24.8. The van der Waals surface area contributed by atoms with Crippen LogP contribution in [0.1, 0.15) is 188 Å². The van der Waals surface area contributed by atoms with E-state index in [0.717, 1.165) is 17.8 Å². The summed E-state index contributed by atoms with van der Waals surface area (Å²) in [6.07, 6.45) is 43.3. The number of rotatable bonds is 25. The second-order valence-corrected chi connectivity index (χ2v) is 12.2. The molecule has 0 aromatic carbocycles. The van der Waals surface area contributed by atoms with Gasteiger partial charge < -0.3 is 0 Å². The molecule has 1 aliphatic rings. The van der Waals surface area contributed by atoms with Crippen molar-refractivity contribution in [1.29, 1.82) is 0 Å². The van der Waals surface area contributed by atoms with Crippen LogP contribution in [0.4, 0.5) is 0 Å². The Morgan fingerprint density at radius 2 is 1.06 bits per heavy atom. The average Bonchev–Trinajstić information content (AvgIpc) is 2.89. The number of unbranched alkanes of at least 4 members (excludes halogenated alkanes) is 16. The summed E-state index contributed by atoms with van der Waals surface area (Å²) in [4.78, 5) is 0. The summed E-state index contributed by atoms with van der Waals surface area (Å²) in [5, 5.41) is 0. The molecule has 1 rings (SSSR count). The molecule has 0 radical (unpaired) electrons. The van der Waals surface area contributed by atoms with Crippen molar-refractivity contribution in [3.05, 3.63) is 23.8 Å². The number of allylic oxidation sites excluding steroid dienone is 4. The minimum Gasteiger partial charge on any atom is -0.0882 e. The van der Waals surface area contributed by atoms with Crippen LogP contribution in [0.15, 0.2) is 23.8 Å². The van der Waals surface area contributed by atoms with Crippen LogP contribution in [0.5, 0.6) is 0 Å². The van der Waals surface area contributed by atoms with Gasteiger partial charge in [0.05, 0.1) is 0 Å². The van der Waals surface area contributed by atoms with E-state index in [1.807, 2.05) is 5.57 Å². The molecule has 0 heteroatoms. The molecule has 0 saturated heterocycles. The highest BCUT2D eigenvalue weighted by Crippen LogP contribution is 2.42. The molecule has 0 amide bonds. The van der Waals surface area contributed by atoms with Crippen molar-refractivity contribution < 1.29 is 0 Å². The van der Waals surface area contributed by atoms with Crippen molar-refractivity contribution in [1.82, 2.24) is 0 Å². The van der Waals surface area contributed by atoms with Gasteiger partial charge in [0.2, 0.25) is 0 Å². The Kier molecular flexibility index (Phi) is 23.1. The van der Waals surface area contributed by atoms with Crippen molar-refractivity contribution in [2.24, 2.45) is 17.8 Å². The zero-order chi connectivity index (χ0) is 26.1. The summed E-state index contributed by atoms with van der Waals surface area (Å²) in [5.74, 6) is 2.69. The van der Waals surface area contributed by atoms with Crippen LogP contribution in [0.2, 0.25) is 0 Å². The fraction of sp³-hybridized carbons (Fsp3) is 0.889. The highest BCUT2D eigenvalue weighted by atomic mass is 14.3. The summed E-state index contributed by atoms with van der Waals surface area (Å²) in [6, 6.07) is 0. The van der Waals surface area contributed by atoms with E-state index < -0.39 is 0 Å². The molecule has 0 heterocycles. The molecule has 0 spiro atoms. The molecule has 0 aromatic heterocycles. The molecule has 36 heavy (non-hydrogen) atoms. The highest BCUT2D eigenvalue weighted by Gasteiger charge is 2.29. The van der Waals surface area contributed by atoms with Gasteiger partial charge in [-0.25, -0.2) is 0 Å². The third kappa shape index (κ3) is 17.1. The minimum absolute atomic E-state index is 0.863. The fourth-order valence-electron chi connectivity index (χ4n) is 6.44. The summed E-state index contributed by atoms with van der Waals surface area (Å²) in [5.41, 5.74) is 1.83. The van der Waals surface area contributed by atoms with Crippen LogP contribution in [0, 0.1) is 17.8 Å². The lowest BCUT2D eigenvalue weighted by molar-refractivity contribution is 0.247. The van der Waals surface area contributed by atoms with Crippen molar-refractivity contribution in [2.45, 2.75) is 188 Å². The Bertz CT molecular complexity index is 512. The van der Waals surface area contributed by atoms with Gasteiger partial charge in [-0.05, 0) is 62.7 Å². The molecule has 212 valence electrons. The molecule has 3 atom stereocenters. The third-order valence-electron chi connectivity index (χ3n) is 8.87. The molecule has 0 aromatic rings. The van der Waals surface area contributed by atoms with Crippen molar-refractivity contribution in [2.75, 3.05) is 0 Å². The number of hydrogen-bond donors (Lipinski definition) is 0. The van der Waals surface area contributed by atoms with Crippen LogP contribution in [0.3, 0.4) is 0 Å². The highest BCUT2D eigenvalue weighted by molar-refractivity contribution is 5.17. The Hall–Kier alpha value is -0.520. The zero-order valence-electron chi connectivity index (χ0n) is 25.6. The maximum atomic E-state index is 2.85. The van der Waals surface area contributed by atoms with E-state index in [2.05, 4.69) is 45.9 Å². The van der Waals surface area contributed by atoms with Crippen molar-refractivity contribution in [3.63, 3.8) is 0 Å². The molecule has 0 N–H and O–H groups in total. The Morgan fingerprint density at radius 1 is 0.556 bits per heavy atom. The van der Waals surface area contributed by atoms with Gasteiger partial charge in [0.15, 0.2) is 0 Å². The number of hydrogen-bond acceptors (Lipinski definition) is 0. The first kappa shape index (κ1) is 33.5. The predicted octanol–water partition coefficient (Wildman–Crippen LogP) is 13.2. The third-order valence-corrected chi connectivity index (χ3v) is 8.87. The lowest BCUT2D eigenvalue weighted by atomic mass is 9.69. The van der Waals surface area contributed by atoms with Gasteiger partial charge in [0.25, 0.3) is 0 Å². The van der Waals surface area contributed by atoms with Crippen molar-refractivity contribution in [3.8, 4) is 0 Å². The van der Waals surface area contributed by atoms with Crippen LogP contribution in [0.25, 0.3) is 0 Å². The molecular weight excluding hydrogens is 432 g/mol. The van der Waals surface area contributed by atoms with E-state index in [0.29, 0.717) is 0 Å². The summed E-state index contributed by atoms with van der Waals surface area (Å²) in [7, 11) is 0. The molecule has 1 aliphatic carbocycles. The lowest BCUT2D eigenvalue weighted by Gasteiger charge is -2.36. The van der Waals surface area contributed by atoms with E-state index in [-0.39, 0.29) is 0 Å². The van der Waals surface area contributed by atoms with E-state index in [1.54, 1.807) is 0 Å². The van der Waals surface area contributed by atoms with Gasteiger partial charge in [-0.15, -0.1) is 0 Å². The van der Waals surface area contributed by atoms with Gasteiger partial charge >= 0.3 is 0 Å². The molecule has 0 bridgehead atoms. The second-order valence-electron chi connectivity index (χ2n) is 12.2. The molecule has 3 unspecified atom stereocenters. The predicted molar refractivity (Wildman–Crippen MR) is 166 cm³/mol. The average molecular weight is 501 g/mol. The van der Waals surface area contributed by atoms with E-state index >= 15 is 0 Å². The minimum atomic E-state index is 0.863. The molecule has 0 saturated carbocycles. The molecule has 0 fully saturated rings. The topological polar surface area (TPSA) is 0 Å². The van der Waals surface area contributed by atoms with Crippen molar-refractivity contribution >= 4 is 0 Å². The van der Waals surface area contributed by atoms with Crippen LogP contribution < -0.4 is 0 Å². The fourth-order valence-corrected chi connectivity index (χ4v) is 6.44. The lowest BCUT2D eigenvalue weighted by Crippen LogP contribution is -2.24. The summed E-state index contributed by atoms with van der Waals surface area (Å²) < 4.78 is 0. The van der Waals surface area contributed by atoms with Gasteiger partial charge in [-0.3, -0.25) is 0 Å². The van der Waals surface area contributed by atoms with E-state index in [1.165, 1.54) is 161 Å². The monoisotopic (exact) mass is 501 g/mol. The Labute approximate surface area is 229 Å². The maximum Gasteiger partial charge on any atom is -0.0136 e. The van der Waals surface area contributed by atoms with Gasteiger partial charge in [-0.1, -0.05) is 167 Å². The summed E-state index contributed by atoms with van der Waals surface area (Å²) >= 11 is 0. The Balaban J connectivity index is 2.77. The largest absolute Gasteiger partial charge is 0.0882 e. The normalized spacial score (nSPS) is 20.3. The smallest absolute Gasteiger partial charge is 0.0136 e. The van der Waals surface area contributed by atoms with Gasteiger partial charge in [0, 0.05) is 0 Å². The Morgan fingerprint density at radius 3 is 1.69 bits per heavy atom. The standard InChI is InChI=1S/C36H68/c1-5-9-13-17-20-24-28-34-32-36(30-26-22-19-15-11-7-3)35(29-25-21-18-14-10-6-2)31-33(34)27-23-16-12-8-4/h20,24,32-33,35-36H,5-19,21-23,25-31H2,1-4H3/b24-20+. The first-order chi connectivity index (χ1) is 17.8. The maximum absolute atomic E-state index is 2.85. The first-order valence-corrected chi connectivity index (χ1v) is 17.1. The molecule has 0 nitrogen and oxygen atoms in total.